The molecule has 0 saturated carbocycles. The number of carbonyl (C=O) groups is 2. The van der Waals surface area contributed by atoms with Crippen LogP contribution in [0.25, 0.3) is 0 Å². The lowest BCUT2D eigenvalue weighted by Crippen LogP contribution is -2.61. The van der Waals surface area contributed by atoms with Gasteiger partial charge in [-0.1, -0.05) is 231 Å². The van der Waals surface area contributed by atoms with Gasteiger partial charge in [0.15, 0.2) is 12.4 Å². The third-order valence-electron chi connectivity index (χ3n) is 12.7. The van der Waals surface area contributed by atoms with Gasteiger partial charge < -0.3 is 45.1 Å². The average Bonchev–Trinajstić information content (AvgIpc) is 3.41. The molecule has 0 aliphatic carbocycles. The van der Waals surface area contributed by atoms with Crippen molar-refractivity contribution in [3.8, 4) is 0 Å². The highest BCUT2D eigenvalue weighted by atomic mass is 16.7. The lowest BCUT2D eigenvalue weighted by Gasteiger charge is -2.41. The first-order chi connectivity index (χ1) is 36.7. The Morgan fingerprint density at radius 2 is 1.03 bits per heavy atom. The molecular formula is C64H103NO10. The number of aliphatic hydroxyl groups excluding tert-OH is 5. The summed E-state index contributed by atoms with van der Waals surface area (Å²) in [6.07, 6.45) is 60.6. The molecule has 0 aromatic carbocycles. The van der Waals surface area contributed by atoms with Gasteiger partial charge in [-0.2, -0.15) is 0 Å². The van der Waals surface area contributed by atoms with E-state index in [-0.39, 0.29) is 19.4 Å². The zero-order valence-electron chi connectivity index (χ0n) is 46.6. The molecule has 1 heterocycles. The van der Waals surface area contributed by atoms with E-state index in [1.807, 2.05) is 60.8 Å². The maximum absolute atomic E-state index is 13.3. The van der Waals surface area contributed by atoms with Crippen LogP contribution < -0.4 is 5.32 Å². The Hall–Kier alpha value is -4.20. The maximum atomic E-state index is 13.3. The maximum Gasteiger partial charge on any atom is 0.306 e. The van der Waals surface area contributed by atoms with Crippen LogP contribution in [-0.4, -0.2) is 99.6 Å². The highest BCUT2D eigenvalue weighted by Gasteiger charge is 2.47. The fourth-order valence-corrected chi connectivity index (χ4v) is 8.11. The minimum Gasteiger partial charge on any atom is -0.454 e. The number of allylic oxidation sites excluding steroid dienone is 21. The molecule has 11 nitrogen and oxygen atoms in total. The van der Waals surface area contributed by atoms with E-state index in [9.17, 15) is 35.1 Å². The summed E-state index contributed by atoms with van der Waals surface area (Å²) in [6.45, 7) is 5.45. The molecule has 0 aromatic rings. The highest BCUT2D eigenvalue weighted by Crippen LogP contribution is 2.26. The van der Waals surface area contributed by atoms with Crippen molar-refractivity contribution < 1.29 is 49.3 Å². The van der Waals surface area contributed by atoms with Crippen molar-refractivity contribution in [3.05, 3.63) is 134 Å². The van der Waals surface area contributed by atoms with E-state index < -0.39 is 67.4 Å². The molecule has 0 radical (unpaired) electrons. The summed E-state index contributed by atoms with van der Waals surface area (Å²) in [4.78, 5) is 26.5. The monoisotopic (exact) mass is 1050 g/mol. The predicted octanol–water partition coefficient (Wildman–Crippen LogP) is 13.3. The fraction of sp³-hybridized carbons (Fsp3) is 0.625. The van der Waals surface area contributed by atoms with Crippen molar-refractivity contribution in [2.75, 3.05) is 13.2 Å². The lowest BCUT2D eigenvalue weighted by molar-refractivity contribution is -0.305. The number of carbonyl (C=O) groups excluding carboxylic acids is 2. The second-order valence-electron chi connectivity index (χ2n) is 19.4. The third kappa shape index (κ3) is 38.9. The number of esters is 1. The Labute approximate surface area is 454 Å². The van der Waals surface area contributed by atoms with Crippen LogP contribution in [0.2, 0.25) is 0 Å². The normalized spacial score (nSPS) is 20.2. The molecule has 0 aromatic heterocycles. The minimum atomic E-state index is -1.64. The summed E-state index contributed by atoms with van der Waals surface area (Å²) < 4.78 is 17.5. The molecule has 1 aliphatic rings. The summed E-state index contributed by atoms with van der Waals surface area (Å²) in [7, 11) is 0. The van der Waals surface area contributed by atoms with E-state index in [1.165, 1.54) is 38.5 Å². The van der Waals surface area contributed by atoms with Crippen molar-refractivity contribution in [2.24, 2.45) is 0 Å². The third-order valence-corrected chi connectivity index (χ3v) is 12.7. The molecule has 1 rings (SSSR count). The number of amides is 1. The van der Waals surface area contributed by atoms with Crippen molar-refractivity contribution in [1.82, 2.24) is 5.32 Å². The Bertz CT molecular complexity index is 1720. The van der Waals surface area contributed by atoms with Crippen LogP contribution in [-0.2, 0) is 23.8 Å². The number of nitrogens with one attached hydrogen (secondary N) is 1. The van der Waals surface area contributed by atoms with Crippen LogP contribution in [0.1, 0.15) is 194 Å². The van der Waals surface area contributed by atoms with Gasteiger partial charge in [-0.25, -0.2) is 0 Å². The molecule has 6 N–H and O–H groups in total. The van der Waals surface area contributed by atoms with Gasteiger partial charge in [0.05, 0.1) is 25.4 Å². The number of hydrogen-bond acceptors (Lipinski definition) is 10. The molecule has 424 valence electrons. The Kier molecular flexibility index (Phi) is 46.4. The quantitative estimate of drug-likeness (QED) is 0.0149. The highest BCUT2D eigenvalue weighted by molar-refractivity contribution is 5.80. The predicted molar refractivity (Wildman–Crippen MR) is 310 cm³/mol. The average molecular weight is 1050 g/mol. The Morgan fingerprint density at radius 1 is 0.547 bits per heavy atom. The zero-order valence-corrected chi connectivity index (χ0v) is 46.6. The van der Waals surface area contributed by atoms with Crippen molar-refractivity contribution in [2.45, 2.75) is 243 Å². The van der Waals surface area contributed by atoms with Gasteiger partial charge >= 0.3 is 5.97 Å². The smallest absolute Gasteiger partial charge is 0.306 e. The van der Waals surface area contributed by atoms with E-state index in [0.717, 1.165) is 109 Å². The molecular weight excluding hydrogens is 943 g/mol. The number of ether oxygens (including phenoxy) is 3. The van der Waals surface area contributed by atoms with E-state index in [2.05, 4.69) is 92.9 Å². The van der Waals surface area contributed by atoms with E-state index in [0.29, 0.717) is 12.8 Å². The molecule has 0 bridgehead atoms. The van der Waals surface area contributed by atoms with Gasteiger partial charge in [0.1, 0.15) is 24.4 Å². The summed E-state index contributed by atoms with van der Waals surface area (Å²) in [5.74, 6) is -1.27. The first kappa shape index (κ1) is 68.8. The first-order valence-corrected chi connectivity index (χ1v) is 29.0. The van der Waals surface area contributed by atoms with Crippen LogP contribution in [0.5, 0.6) is 0 Å². The van der Waals surface area contributed by atoms with E-state index in [4.69, 9.17) is 14.2 Å². The molecule has 11 heteroatoms. The minimum absolute atomic E-state index is 0.0871. The van der Waals surface area contributed by atoms with Crippen LogP contribution >= 0.6 is 0 Å². The summed E-state index contributed by atoms with van der Waals surface area (Å²) in [5, 5.41) is 56.8. The topological polar surface area (TPSA) is 175 Å². The Morgan fingerprint density at radius 3 is 1.60 bits per heavy atom. The molecule has 1 amide bonds. The molecule has 8 atom stereocenters. The number of unbranched alkanes of at least 4 members (excludes halogenated alkanes) is 16. The molecule has 8 unspecified atom stereocenters. The SMILES string of the molecule is CC/C=C\C/C=C\C/C=C\C/C=C\C/C=C\CCCCCCCC(=O)OC1C(OCC(NC(=O)C(O)CCCC/C=C/C=C\C=C/C=C/C=C/CC)C(O)/C=C/CCCCCCCCCCC)OC(CO)C(O)C1O. The molecule has 0 spiro atoms. The zero-order chi connectivity index (χ0) is 54.7. The van der Waals surface area contributed by atoms with Crippen LogP contribution in [0, 0.1) is 0 Å². The van der Waals surface area contributed by atoms with Crippen molar-refractivity contribution in [3.63, 3.8) is 0 Å². The first-order valence-electron chi connectivity index (χ1n) is 29.0. The van der Waals surface area contributed by atoms with E-state index in [1.54, 1.807) is 6.08 Å². The van der Waals surface area contributed by atoms with Gasteiger partial charge in [0.25, 0.3) is 0 Å². The standard InChI is InChI=1S/C64H103NO10/c1-4-7-10-13-16-19-22-24-26-27-28-29-30-31-32-34-37-40-43-46-49-52-59(69)75-62-61(71)60(70)58(53-66)74-64(62)73-54-55(56(67)50-47-44-41-38-35-21-18-15-12-9-6-3)65-63(72)57(68)51-48-45-42-39-36-33-25-23-20-17-14-11-8-5-2/h7-8,10-11,14,16-17,19-20,23-26,28-29,31-33,36,39,47,50,55-58,60-62,64,66-68,70-71H,4-6,9,12-13,15,18,21-22,27,30,34-35,37-38,40-46,48-49,51-54H2,1-3H3,(H,65,72)/b10-7-,11-8+,17-14+,19-16-,23-20-,26-24-,29-28-,32-31-,33-25-,39-36+,50-47+. The summed E-state index contributed by atoms with van der Waals surface area (Å²) in [5.41, 5.74) is 0. The van der Waals surface area contributed by atoms with Crippen LogP contribution in [0.3, 0.4) is 0 Å². The second kappa shape index (κ2) is 50.6. The van der Waals surface area contributed by atoms with Gasteiger partial charge in [-0.05, 0) is 89.9 Å². The summed E-state index contributed by atoms with van der Waals surface area (Å²) >= 11 is 0. The largest absolute Gasteiger partial charge is 0.454 e. The van der Waals surface area contributed by atoms with Gasteiger partial charge in [0, 0.05) is 6.42 Å². The molecule has 1 aliphatic heterocycles. The van der Waals surface area contributed by atoms with Crippen LogP contribution in [0.4, 0.5) is 0 Å². The van der Waals surface area contributed by atoms with Gasteiger partial charge in [0.2, 0.25) is 5.91 Å². The second-order valence-corrected chi connectivity index (χ2v) is 19.4. The van der Waals surface area contributed by atoms with Crippen molar-refractivity contribution >= 4 is 11.9 Å². The summed E-state index contributed by atoms with van der Waals surface area (Å²) in [6, 6.07) is -1.06. The van der Waals surface area contributed by atoms with Crippen molar-refractivity contribution in [1.29, 1.82) is 0 Å². The molecule has 1 saturated heterocycles. The molecule has 1 fully saturated rings. The number of aliphatic hydroxyl groups is 5. The fourth-order valence-electron chi connectivity index (χ4n) is 8.11. The van der Waals surface area contributed by atoms with Gasteiger partial charge in [-0.3, -0.25) is 9.59 Å². The van der Waals surface area contributed by atoms with Gasteiger partial charge in [-0.15, -0.1) is 0 Å². The lowest BCUT2D eigenvalue weighted by atomic mass is 9.99. The molecule has 75 heavy (non-hydrogen) atoms. The number of rotatable bonds is 46. The van der Waals surface area contributed by atoms with E-state index >= 15 is 0 Å². The number of hydrogen-bond donors (Lipinski definition) is 6. The Balaban J connectivity index is 2.74. The van der Waals surface area contributed by atoms with Crippen LogP contribution in [0.15, 0.2) is 134 Å².